The number of fused-ring (bicyclic) bond motifs is 1. The number of amides is 1. The smallest absolute Gasteiger partial charge is 0.407 e. The van der Waals surface area contributed by atoms with Gasteiger partial charge in [0.25, 0.3) is 0 Å². The van der Waals surface area contributed by atoms with Crippen LogP contribution in [0, 0.1) is 0 Å². The maximum atomic E-state index is 11.9. The molecule has 5 nitrogen and oxygen atoms in total. The molecule has 0 aliphatic rings. The van der Waals surface area contributed by atoms with Crippen molar-refractivity contribution in [3.8, 4) is 0 Å². The van der Waals surface area contributed by atoms with Gasteiger partial charge in [-0.1, -0.05) is 30.3 Å². The molecule has 146 valence electrons. The van der Waals surface area contributed by atoms with Crippen molar-refractivity contribution in [2.45, 2.75) is 39.5 Å². The number of halogens is 1. The summed E-state index contributed by atoms with van der Waals surface area (Å²) in [6, 6.07) is 14.2. The van der Waals surface area contributed by atoms with Crippen LogP contribution in [0.3, 0.4) is 0 Å². The van der Waals surface area contributed by atoms with Gasteiger partial charge in [-0.05, 0) is 65.3 Å². The third-order valence-corrected chi connectivity index (χ3v) is 4.73. The van der Waals surface area contributed by atoms with Crippen LogP contribution in [-0.2, 0) is 17.8 Å². The lowest BCUT2D eigenvalue weighted by atomic mass is 10.1. The van der Waals surface area contributed by atoms with Crippen molar-refractivity contribution in [1.29, 1.82) is 0 Å². The quantitative estimate of drug-likeness (QED) is 0.537. The average molecular weight is 442 g/mol. The molecule has 0 aliphatic carbocycles. The highest BCUT2D eigenvalue weighted by Gasteiger charge is 2.16. The molecule has 2 N–H and O–H groups in total. The molecule has 3 aromatic rings. The van der Waals surface area contributed by atoms with Crippen LogP contribution < -0.4 is 10.6 Å². The maximum absolute atomic E-state index is 11.9. The fourth-order valence-corrected chi connectivity index (χ4v) is 3.27. The van der Waals surface area contributed by atoms with E-state index in [1.165, 1.54) is 0 Å². The van der Waals surface area contributed by atoms with Crippen LogP contribution in [0.15, 0.2) is 59.3 Å². The van der Waals surface area contributed by atoms with Gasteiger partial charge in [-0.15, -0.1) is 0 Å². The first-order chi connectivity index (χ1) is 13.3. The molecule has 1 heterocycles. The molecule has 6 heteroatoms. The highest BCUT2D eigenvalue weighted by molar-refractivity contribution is 9.10. The number of benzene rings is 2. The number of aromatic nitrogens is 1. The number of nitrogens with zero attached hydrogens (tertiary/aromatic N) is 1. The molecule has 3 rings (SSSR count). The number of nitrogens with one attached hydrogen (secondary N) is 2. The molecular formula is C22H24BrN3O2. The van der Waals surface area contributed by atoms with E-state index in [9.17, 15) is 4.79 Å². The first-order valence-corrected chi connectivity index (χ1v) is 9.92. The van der Waals surface area contributed by atoms with E-state index >= 15 is 0 Å². The number of rotatable bonds is 5. The standard InChI is InChI=1S/C22H24BrN3O2/c1-22(2,3)28-21(27)26-13-17-6-4-5-7-20(17)25-11-15-8-9-16-12-24-14-19(23)18(16)10-15/h4-10,12,14,25H,11,13H2,1-3H3,(H,26,27). The summed E-state index contributed by atoms with van der Waals surface area (Å²) in [7, 11) is 0. The lowest BCUT2D eigenvalue weighted by molar-refractivity contribution is 0.0523. The van der Waals surface area contributed by atoms with Crippen molar-refractivity contribution < 1.29 is 9.53 Å². The number of carbonyl (C=O) groups is 1. The SMILES string of the molecule is CC(C)(C)OC(=O)NCc1ccccc1NCc1ccc2cncc(Br)c2c1. The summed E-state index contributed by atoms with van der Waals surface area (Å²) in [6.07, 6.45) is 3.24. The fourth-order valence-electron chi connectivity index (χ4n) is 2.81. The zero-order chi connectivity index (χ0) is 20.1. The summed E-state index contributed by atoms with van der Waals surface area (Å²) in [5.41, 5.74) is 2.63. The van der Waals surface area contributed by atoms with Gasteiger partial charge >= 0.3 is 6.09 Å². The van der Waals surface area contributed by atoms with E-state index < -0.39 is 11.7 Å². The first kappa shape index (κ1) is 20.1. The third kappa shape index (κ3) is 5.45. The minimum absolute atomic E-state index is 0.396. The summed E-state index contributed by atoms with van der Waals surface area (Å²) in [5.74, 6) is 0. The summed E-state index contributed by atoms with van der Waals surface area (Å²) in [4.78, 5) is 16.1. The molecule has 2 aromatic carbocycles. The third-order valence-electron chi connectivity index (χ3n) is 4.10. The number of alkyl carbamates (subject to hydrolysis) is 1. The molecule has 0 atom stereocenters. The predicted octanol–water partition coefficient (Wildman–Crippen LogP) is 5.63. The molecule has 0 spiro atoms. The second-order valence-corrected chi connectivity index (χ2v) is 8.40. The van der Waals surface area contributed by atoms with E-state index in [0.29, 0.717) is 13.1 Å². The van der Waals surface area contributed by atoms with Gasteiger partial charge in [0.1, 0.15) is 5.60 Å². The topological polar surface area (TPSA) is 63.2 Å². The lowest BCUT2D eigenvalue weighted by Gasteiger charge is -2.20. The first-order valence-electron chi connectivity index (χ1n) is 9.12. The molecular weight excluding hydrogens is 418 g/mol. The lowest BCUT2D eigenvalue weighted by Crippen LogP contribution is -2.32. The number of carbonyl (C=O) groups excluding carboxylic acids is 1. The Morgan fingerprint density at radius 2 is 1.89 bits per heavy atom. The van der Waals surface area contributed by atoms with E-state index in [1.54, 1.807) is 6.20 Å². The Balaban J connectivity index is 1.67. The van der Waals surface area contributed by atoms with Crippen molar-refractivity contribution in [3.05, 3.63) is 70.5 Å². The summed E-state index contributed by atoms with van der Waals surface area (Å²) in [5, 5.41) is 8.50. The second-order valence-electron chi connectivity index (χ2n) is 7.54. The second kappa shape index (κ2) is 8.61. The molecule has 1 amide bonds. The number of ether oxygens (including phenoxy) is 1. The molecule has 0 saturated carbocycles. The molecule has 1 aromatic heterocycles. The highest BCUT2D eigenvalue weighted by atomic mass is 79.9. The van der Waals surface area contributed by atoms with Crippen LogP contribution in [0.2, 0.25) is 0 Å². The van der Waals surface area contributed by atoms with Crippen LogP contribution in [0.5, 0.6) is 0 Å². The zero-order valence-corrected chi connectivity index (χ0v) is 17.8. The van der Waals surface area contributed by atoms with Crippen molar-refractivity contribution in [1.82, 2.24) is 10.3 Å². The van der Waals surface area contributed by atoms with E-state index in [-0.39, 0.29) is 0 Å². The van der Waals surface area contributed by atoms with Crippen LogP contribution in [0.1, 0.15) is 31.9 Å². The Bertz CT molecular complexity index is 983. The highest BCUT2D eigenvalue weighted by Crippen LogP contribution is 2.24. The van der Waals surface area contributed by atoms with Crippen molar-refractivity contribution in [2.75, 3.05) is 5.32 Å². The minimum atomic E-state index is -0.512. The summed E-state index contributed by atoms with van der Waals surface area (Å²) in [6.45, 7) is 6.61. The molecule has 0 fully saturated rings. The number of anilines is 1. The molecule has 0 radical (unpaired) electrons. The van der Waals surface area contributed by atoms with Gasteiger partial charge < -0.3 is 15.4 Å². The maximum Gasteiger partial charge on any atom is 0.407 e. The van der Waals surface area contributed by atoms with Gasteiger partial charge in [0.2, 0.25) is 0 Å². The van der Waals surface area contributed by atoms with Gasteiger partial charge in [-0.3, -0.25) is 4.98 Å². The number of pyridine rings is 1. The number of hydrogen-bond donors (Lipinski definition) is 2. The van der Waals surface area contributed by atoms with Crippen LogP contribution in [0.25, 0.3) is 10.8 Å². The molecule has 28 heavy (non-hydrogen) atoms. The molecule has 0 saturated heterocycles. The Labute approximate surface area is 173 Å². The minimum Gasteiger partial charge on any atom is -0.444 e. The molecule has 0 bridgehead atoms. The Kier molecular flexibility index (Phi) is 6.19. The van der Waals surface area contributed by atoms with Gasteiger partial charge in [0.15, 0.2) is 0 Å². The predicted molar refractivity (Wildman–Crippen MR) is 116 cm³/mol. The number of hydrogen-bond acceptors (Lipinski definition) is 4. The monoisotopic (exact) mass is 441 g/mol. The Morgan fingerprint density at radius 1 is 1.11 bits per heavy atom. The fraction of sp³-hybridized carbons (Fsp3) is 0.273. The Hall–Kier alpha value is -2.60. The van der Waals surface area contributed by atoms with Crippen molar-refractivity contribution in [2.24, 2.45) is 0 Å². The van der Waals surface area contributed by atoms with E-state index in [1.807, 2.05) is 51.2 Å². The van der Waals surface area contributed by atoms with Gasteiger partial charge in [0.05, 0.1) is 0 Å². The average Bonchev–Trinajstić information content (AvgIpc) is 2.64. The normalized spacial score (nSPS) is 11.3. The molecule has 0 aliphatic heterocycles. The van der Waals surface area contributed by atoms with Gasteiger partial charge in [-0.2, -0.15) is 0 Å². The summed E-state index contributed by atoms with van der Waals surface area (Å²) >= 11 is 3.56. The number of para-hydroxylation sites is 1. The van der Waals surface area contributed by atoms with Crippen molar-refractivity contribution >= 4 is 38.5 Å². The Morgan fingerprint density at radius 3 is 2.68 bits per heavy atom. The summed E-state index contributed by atoms with van der Waals surface area (Å²) < 4.78 is 6.28. The largest absolute Gasteiger partial charge is 0.444 e. The van der Waals surface area contributed by atoms with Crippen LogP contribution in [-0.4, -0.2) is 16.7 Å². The van der Waals surface area contributed by atoms with E-state index in [2.05, 4.69) is 49.7 Å². The van der Waals surface area contributed by atoms with Gasteiger partial charge in [-0.25, -0.2) is 4.79 Å². The van der Waals surface area contributed by atoms with Crippen LogP contribution >= 0.6 is 15.9 Å². The zero-order valence-electron chi connectivity index (χ0n) is 16.3. The van der Waals surface area contributed by atoms with E-state index in [0.717, 1.165) is 32.1 Å². The van der Waals surface area contributed by atoms with Crippen LogP contribution in [0.4, 0.5) is 10.5 Å². The molecule has 0 unspecified atom stereocenters. The van der Waals surface area contributed by atoms with Crippen molar-refractivity contribution in [3.63, 3.8) is 0 Å². The van der Waals surface area contributed by atoms with Gasteiger partial charge in [0, 0.05) is 41.0 Å². The van der Waals surface area contributed by atoms with E-state index in [4.69, 9.17) is 4.74 Å².